The zero-order valence-electron chi connectivity index (χ0n) is 11.9. The maximum absolute atomic E-state index is 11.8. The van der Waals surface area contributed by atoms with Crippen LogP contribution in [0.25, 0.3) is 0 Å². The fourth-order valence-corrected chi connectivity index (χ4v) is 2.01. The van der Waals surface area contributed by atoms with E-state index in [4.69, 9.17) is 10.5 Å². The summed E-state index contributed by atoms with van der Waals surface area (Å²) in [6, 6.07) is 5.11. The molecule has 0 spiro atoms. The lowest BCUT2D eigenvalue weighted by molar-refractivity contribution is 0.0599. The van der Waals surface area contributed by atoms with Crippen LogP contribution in [0.2, 0.25) is 0 Å². The van der Waals surface area contributed by atoms with Gasteiger partial charge in [-0.1, -0.05) is 6.07 Å². The van der Waals surface area contributed by atoms with Crippen LogP contribution in [0.15, 0.2) is 18.2 Å². The molecule has 106 valence electrons. The van der Waals surface area contributed by atoms with Crippen molar-refractivity contribution in [3.63, 3.8) is 0 Å². The highest BCUT2D eigenvalue weighted by Crippen LogP contribution is 2.29. The molecule has 1 rings (SSSR count). The number of nitrogens with two attached hydrogens (primary N) is 1. The average molecular weight is 266 g/mol. The molecule has 0 radical (unpaired) electrons. The third-order valence-electron chi connectivity index (χ3n) is 2.75. The Morgan fingerprint density at radius 3 is 2.58 bits per heavy atom. The molecule has 0 unspecified atom stereocenters. The van der Waals surface area contributed by atoms with Crippen molar-refractivity contribution in [1.82, 2.24) is 0 Å². The van der Waals surface area contributed by atoms with E-state index in [9.17, 15) is 9.90 Å². The molecule has 0 saturated carbocycles. The van der Waals surface area contributed by atoms with E-state index in [1.807, 2.05) is 11.8 Å². The molecule has 0 heterocycles. The number of esters is 1. The summed E-state index contributed by atoms with van der Waals surface area (Å²) in [5.41, 5.74) is 6.61. The Hall–Kier alpha value is -1.75. The van der Waals surface area contributed by atoms with E-state index < -0.39 is 11.6 Å². The van der Waals surface area contributed by atoms with Gasteiger partial charge in [-0.05, 0) is 32.9 Å². The number of aliphatic hydroxyl groups is 1. The van der Waals surface area contributed by atoms with Gasteiger partial charge >= 0.3 is 5.97 Å². The van der Waals surface area contributed by atoms with Gasteiger partial charge < -0.3 is 20.5 Å². The molecule has 0 aliphatic rings. The molecule has 3 N–H and O–H groups in total. The molecule has 19 heavy (non-hydrogen) atoms. The highest BCUT2D eigenvalue weighted by atomic mass is 16.5. The molecule has 5 nitrogen and oxygen atoms in total. The Labute approximate surface area is 114 Å². The minimum atomic E-state index is -0.883. The quantitative estimate of drug-likeness (QED) is 0.626. The zero-order valence-corrected chi connectivity index (χ0v) is 11.9. The van der Waals surface area contributed by atoms with Gasteiger partial charge in [-0.3, -0.25) is 0 Å². The average Bonchev–Trinajstić information content (AvgIpc) is 2.34. The van der Waals surface area contributed by atoms with Gasteiger partial charge in [-0.2, -0.15) is 0 Å². The number of benzene rings is 1. The van der Waals surface area contributed by atoms with Gasteiger partial charge in [-0.15, -0.1) is 0 Å². The van der Waals surface area contributed by atoms with Crippen LogP contribution in [0.4, 0.5) is 11.4 Å². The van der Waals surface area contributed by atoms with Gasteiger partial charge in [0.2, 0.25) is 0 Å². The molecule has 0 amide bonds. The molecule has 1 aromatic carbocycles. The van der Waals surface area contributed by atoms with E-state index in [0.29, 0.717) is 30.0 Å². The van der Waals surface area contributed by atoms with Crippen molar-refractivity contribution in [2.45, 2.75) is 26.4 Å². The van der Waals surface area contributed by atoms with Gasteiger partial charge in [-0.25, -0.2) is 4.79 Å². The number of para-hydroxylation sites is 1. The van der Waals surface area contributed by atoms with Crippen LogP contribution in [-0.4, -0.2) is 36.9 Å². The van der Waals surface area contributed by atoms with Crippen molar-refractivity contribution in [2.24, 2.45) is 0 Å². The van der Waals surface area contributed by atoms with E-state index in [2.05, 4.69) is 0 Å². The first-order valence-electron chi connectivity index (χ1n) is 6.24. The maximum Gasteiger partial charge on any atom is 0.340 e. The smallest absolute Gasteiger partial charge is 0.340 e. The van der Waals surface area contributed by atoms with Gasteiger partial charge in [0.1, 0.15) is 0 Å². The summed E-state index contributed by atoms with van der Waals surface area (Å²) in [6.07, 6.45) is 0. The fraction of sp³-hybridized carbons (Fsp3) is 0.500. The van der Waals surface area contributed by atoms with Crippen LogP contribution in [0.5, 0.6) is 0 Å². The number of carbonyl (C=O) groups excluding carboxylic acids is 1. The van der Waals surface area contributed by atoms with E-state index in [1.165, 1.54) is 7.11 Å². The van der Waals surface area contributed by atoms with Crippen LogP contribution >= 0.6 is 0 Å². The number of likely N-dealkylation sites (N-methyl/N-ethyl adjacent to an activating group) is 1. The predicted molar refractivity (Wildman–Crippen MR) is 76.4 cm³/mol. The van der Waals surface area contributed by atoms with Crippen LogP contribution in [0, 0.1) is 0 Å². The molecule has 0 aromatic heterocycles. The number of nitrogens with zero attached hydrogens (tertiary/aromatic N) is 1. The predicted octanol–water partition coefficient (Wildman–Crippen LogP) is 1.65. The second-order valence-corrected chi connectivity index (χ2v) is 5.06. The molecule has 0 saturated heterocycles. The normalized spacial score (nSPS) is 11.2. The summed E-state index contributed by atoms with van der Waals surface area (Å²) in [5.74, 6) is -0.434. The molecule has 5 heteroatoms. The lowest BCUT2D eigenvalue weighted by Gasteiger charge is -2.31. The number of carbonyl (C=O) groups is 1. The number of methoxy groups -OCH3 is 1. The van der Waals surface area contributed by atoms with Gasteiger partial charge in [0.25, 0.3) is 0 Å². The van der Waals surface area contributed by atoms with Crippen molar-refractivity contribution in [3.05, 3.63) is 23.8 Å². The fourth-order valence-electron chi connectivity index (χ4n) is 2.01. The molecule has 0 bridgehead atoms. The van der Waals surface area contributed by atoms with Crippen LogP contribution in [0.1, 0.15) is 31.1 Å². The topological polar surface area (TPSA) is 75.8 Å². The number of rotatable bonds is 5. The summed E-state index contributed by atoms with van der Waals surface area (Å²) in [4.78, 5) is 13.7. The third kappa shape index (κ3) is 3.86. The van der Waals surface area contributed by atoms with Gasteiger partial charge in [0.15, 0.2) is 0 Å². The summed E-state index contributed by atoms with van der Waals surface area (Å²) < 4.78 is 4.77. The first-order chi connectivity index (χ1) is 8.80. The Kier molecular flexibility index (Phi) is 4.78. The highest BCUT2D eigenvalue weighted by molar-refractivity contribution is 5.99. The molecular weight excluding hydrogens is 244 g/mol. The summed E-state index contributed by atoms with van der Waals surface area (Å²) >= 11 is 0. The third-order valence-corrected chi connectivity index (χ3v) is 2.75. The maximum atomic E-state index is 11.8. The Morgan fingerprint density at radius 1 is 1.47 bits per heavy atom. The summed E-state index contributed by atoms with van der Waals surface area (Å²) in [6.45, 7) is 6.38. The van der Waals surface area contributed by atoms with Crippen LogP contribution < -0.4 is 10.6 Å². The molecule has 0 aliphatic heterocycles. The number of ether oxygens (including phenoxy) is 1. The van der Waals surface area contributed by atoms with Crippen molar-refractivity contribution in [1.29, 1.82) is 0 Å². The lowest BCUT2D eigenvalue weighted by Crippen LogP contribution is -2.39. The monoisotopic (exact) mass is 266 g/mol. The number of nitrogen functional groups attached to an aromatic ring is 1. The van der Waals surface area contributed by atoms with Crippen LogP contribution in [-0.2, 0) is 4.74 Å². The first-order valence-corrected chi connectivity index (χ1v) is 6.24. The molecule has 0 aliphatic carbocycles. The van der Waals surface area contributed by atoms with E-state index in [0.717, 1.165) is 0 Å². The standard InChI is InChI=1S/C14H22N2O3/c1-5-16(9-14(2,3)18)12-10(13(17)19-4)7-6-8-11(12)15/h6-8,18H,5,9,15H2,1-4H3. The minimum absolute atomic E-state index is 0.377. The van der Waals surface area contributed by atoms with Crippen molar-refractivity contribution in [2.75, 3.05) is 30.8 Å². The van der Waals surface area contributed by atoms with Gasteiger partial charge in [0.05, 0.1) is 29.6 Å². The SMILES string of the molecule is CCN(CC(C)(C)O)c1c(N)cccc1C(=O)OC. The minimum Gasteiger partial charge on any atom is -0.465 e. The number of hydrogen-bond acceptors (Lipinski definition) is 5. The molecular formula is C14H22N2O3. The Morgan fingerprint density at radius 2 is 2.11 bits per heavy atom. The molecule has 1 aromatic rings. The molecule has 0 atom stereocenters. The summed E-state index contributed by atoms with van der Waals surface area (Å²) in [5, 5.41) is 9.96. The second kappa shape index (κ2) is 5.93. The zero-order chi connectivity index (χ0) is 14.6. The second-order valence-electron chi connectivity index (χ2n) is 5.06. The van der Waals surface area contributed by atoms with Crippen molar-refractivity contribution < 1.29 is 14.6 Å². The lowest BCUT2D eigenvalue weighted by atomic mass is 10.1. The van der Waals surface area contributed by atoms with Crippen LogP contribution in [0.3, 0.4) is 0 Å². The largest absolute Gasteiger partial charge is 0.465 e. The molecule has 0 fully saturated rings. The van der Waals surface area contributed by atoms with E-state index in [1.54, 1.807) is 32.0 Å². The number of anilines is 2. The Bertz CT molecular complexity index is 452. The number of hydrogen-bond donors (Lipinski definition) is 2. The van der Waals surface area contributed by atoms with Gasteiger partial charge in [0, 0.05) is 13.1 Å². The Balaban J connectivity index is 3.26. The van der Waals surface area contributed by atoms with E-state index in [-0.39, 0.29) is 0 Å². The highest BCUT2D eigenvalue weighted by Gasteiger charge is 2.23. The van der Waals surface area contributed by atoms with E-state index >= 15 is 0 Å². The van der Waals surface area contributed by atoms with Crippen molar-refractivity contribution >= 4 is 17.3 Å². The van der Waals surface area contributed by atoms with Crippen molar-refractivity contribution in [3.8, 4) is 0 Å². The summed E-state index contributed by atoms with van der Waals surface area (Å²) in [7, 11) is 1.33. The first kappa shape index (κ1) is 15.3.